The van der Waals surface area contributed by atoms with Crippen LogP contribution in [0.15, 0.2) is 34.9 Å². The van der Waals surface area contributed by atoms with Crippen LogP contribution in [0.25, 0.3) is 11.3 Å². The molecule has 0 radical (unpaired) electrons. The van der Waals surface area contributed by atoms with E-state index < -0.39 is 0 Å². The molecule has 0 bridgehead atoms. The number of amides is 1. The number of carbonyl (C=O) groups excluding carboxylic acids is 1. The van der Waals surface area contributed by atoms with Crippen molar-refractivity contribution in [3.05, 3.63) is 41.4 Å². The molecule has 1 aliphatic rings. The van der Waals surface area contributed by atoms with E-state index in [1.807, 2.05) is 12.1 Å². The number of carbonyl (C=O) groups is 1. The molecule has 0 aliphatic carbocycles. The van der Waals surface area contributed by atoms with Crippen LogP contribution in [-0.4, -0.2) is 30.1 Å². The number of nitrogens with zero attached hydrogens (tertiary/aromatic N) is 1. The zero-order chi connectivity index (χ0) is 16.1. The van der Waals surface area contributed by atoms with Gasteiger partial charge in [0.15, 0.2) is 11.7 Å². The van der Waals surface area contributed by atoms with Gasteiger partial charge in [0.1, 0.15) is 0 Å². The van der Waals surface area contributed by atoms with Crippen LogP contribution in [0.1, 0.15) is 25.2 Å². The zero-order valence-electron chi connectivity index (χ0n) is 12.8. The molecule has 1 atom stereocenters. The highest BCUT2D eigenvalue weighted by molar-refractivity contribution is 6.30. The van der Waals surface area contributed by atoms with E-state index in [0.29, 0.717) is 36.1 Å². The number of hydrogen-bond acceptors (Lipinski definition) is 4. The summed E-state index contributed by atoms with van der Waals surface area (Å²) in [4.78, 5) is 16.1. The van der Waals surface area contributed by atoms with Crippen LogP contribution in [0.3, 0.4) is 0 Å². The van der Waals surface area contributed by atoms with E-state index in [2.05, 4.69) is 10.3 Å². The van der Waals surface area contributed by atoms with Gasteiger partial charge in [-0.15, -0.1) is 0 Å². The second-order valence-corrected chi connectivity index (χ2v) is 6.00. The van der Waals surface area contributed by atoms with E-state index in [-0.39, 0.29) is 12.0 Å². The molecule has 2 aromatic rings. The Bertz CT molecular complexity index is 648. The Hall–Kier alpha value is -1.85. The van der Waals surface area contributed by atoms with Crippen LogP contribution in [-0.2, 0) is 16.0 Å². The number of aromatic nitrogens is 1. The fourth-order valence-corrected chi connectivity index (χ4v) is 2.64. The van der Waals surface area contributed by atoms with Gasteiger partial charge in [-0.1, -0.05) is 11.6 Å². The predicted octanol–water partition coefficient (Wildman–Crippen LogP) is 3.22. The molecule has 1 N–H and O–H groups in total. The Morgan fingerprint density at radius 3 is 2.91 bits per heavy atom. The van der Waals surface area contributed by atoms with Crippen molar-refractivity contribution in [1.82, 2.24) is 10.3 Å². The highest BCUT2D eigenvalue weighted by Crippen LogP contribution is 2.22. The van der Waals surface area contributed by atoms with Crippen molar-refractivity contribution in [2.45, 2.75) is 31.8 Å². The van der Waals surface area contributed by atoms with Gasteiger partial charge < -0.3 is 14.5 Å². The second-order valence-electron chi connectivity index (χ2n) is 5.56. The predicted molar refractivity (Wildman–Crippen MR) is 87.3 cm³/mol. The molecule has 3 rings (SSSR count). The summed E-state index contributed by atoms with van der Waals surface area (Å²) >= 11 is 5.87. The quantitative estimate of drug-likeness (QED) is 0.881. The summed E-state index contributed by atoms with van der Waals surface area (Å²) < 4.78 is 11.2. The first-order chi connectivity index (χ1) is 11.2. The first-order valence-corrected chi connectivity index (χ1v) is 8.17. The summed E-state index contributed by atoms with van der Waals surface area (Å²) in [5.41, 5.74) is 0.913. The van der Waals surface area contributed by atoms with Gasteiger partial charge in [-0.05, 0) is 37.1 Å². The van der Waals surface area contributed by atoms with E-state index >= 15 is 0 Å². The molecule has 1 aromatic heterocycles. The SMILES string of the molecule is O=C(CCc1ncc(-c2ccc(Cl)cc2)o1)NCC1CCCO1. The van der Waals surface area contributed by atoms with Crippen molar-refractivity contribution in [3.8, 4) is 11.3 Å². The average Bonchev–Trinajstić information content (AvgIpc) is 3.23. The Balaban J connectivity index is 1.47. The van der Waals surface area contributed by atoms with Crippen molar-refractivity contribution in [2.75, 3.05) is 13.2 Å². The Kier molecular flexibility index (Phi) is 5.31. The van der Waals surface area contributed by atoms with Crippen molar-refractivity contribution >= 4 is 17.5 Å². The number of aryl methyl sites for hydroxylation is 1. The third kappa shape index (κ3) is 4.56. The first kappa shape index (κ1) is 16.0. The lowest BCUT2D eigenvalue weighted by molar-refractivity contribution is -0.121. The molecule has 6 heteroatoms. The number of nitrogens with one attached hydrogen (secondary N) is 1. The summed E-state index contributed by atoms with van der Waals surface area (Å²) in [6, 6.07) is 7.36. The van der Waals surface area contributed by atoms with E-state index in [1.165, 1.54) is 0 Å². The second kappa shape index (κ2) is 7.62. The lowest BCUT2D eigenvalue weighted by Crippen LogP contribution is -2.31. The highest BCUT2D eigenvalue weighted by Gasteiger charge is 2.16. The van der Waals surface area contributed by atoms with E-state index in [0.717, 1.165) is 25.0 Å². The monoisotopic (exact) mass is 334 g/mol. The van der Waals surface area contributed by atoms with Crippen LogP contribution in [0, 0.1) is 0 Å². The van der Waals surface area contributed by atoms with Gasteiger partial charge in [0.25, 0.3) is 0 Å². The molecule has 1 aromatic carbocycles. The maximum Gasteiger partial charge on any atom is 0.220 e. The minimum atomic E-state index is -0.00765. The first-order valence-electron chi connectivity index (χ1n) is 7.79. The average molecular weight is 335 g/mol. The maximum atomic E-state index is 11.8. The number of benzene rings is 1. The molecule has 23 heavy (non-hydrogen) atoms. The third-order valence-corrected chi connectivity index (χ3v) is 4.05. The van der Waals surface area contributed by atoms with Crippen LogP contribution in [0.4, 0.5) is 0 Å². The van der Waals surface area contributed by atoms with Crippen molar-refractivity contribution in [2.24, 2.45) is 0 Å². The van der Waals surface area contributed by atoms with Crippen molar-refractivity contribution < 1.29 is 13.9 Å². The lowest BCUT2D eigenvalue weighted by Gasteiger charge is -2.10. The number of rotatable bonds is 6. The minimum Gasteiger partial charge on any atom is -0.441 e. The Morgan fingerprint density at radius 2 is 2.17 bits per heavy atom. The zero-order valence-corrected chi connectivity index (χ0v) is 13.5. The summed E-state index contributed by atoms with van der Waals surface area (Å²) in [5.74, 6) is 1.23. The normalized spacial score (nSPS) is 17.3. The van der Waals surface area contributed by atoms with Gasteiger partial charge in [0.05, 0.1) is 12.3 Å². The number of hydrogen-bond donors (Lipinski definition) is 1. The number of ether oxygens (including phenoxy) is 1. The van der Waals surface area contributed by atoms with Crippen molar-refractivity contribution in [3.63, 3.8) is 0 Å². The van der Waals surface area contributed by atoms with Crippen LogP contribution < -0.4 is 5.32 Å². The molecule has 2 heterocycles. The van der Waals surface area contributed by atoms with Crippen LogP contribution >= 0.6 is 11.6 Å². The van der Waals surface area contributed by atoms with E-state index in [9.17, 15) is 4.79 Å². The van der Waals surface area contributed by atoms with Gasteiger partial charge in [0, 0.05) is 36.6 Å². The van der Waals surface area contributed by atoms with Gasteiger partial charge in [-0.25, -0.2) is 4.98 Å². The van der Waals surface area contributed by atoms with E-state index in [4.69, 9.17) is 20.8 Å². The molecule has 122 valence electrons. The molecule has 1 unspecified atom stereocenters. The van der Waals surface area contributed by atoms with Crippen LogP contribution in [0.5, 0.6) is 0 Å². The molecular weight excluding hydrogens is 316 g/mol. The molecule has 1 saturated heterocycles. The summed E-state index contributed by atoms with van der Waals surface area (Å²) in [6.45, 7) is 1.38. The number of oxazole rings is 1. The lowest BCUT2D eigenvalue weighted by atomic mass is 10.2. The highest BCUT2D eigenvalue weighted by atomic mass is 35.5. The fraction of sp³-hybridized carbons (Fsp3) is 0.412. The van der Waals surface area contributed by atoms with Gasteiger partial charge >= 0.3 is 0 Å². The maximum absolute atomic E-state index is 11.8. The van der Waals surface area contributed by atoms with Gasteiger partial charge in [-0.2, -0.15) is 0 Å². The standard InChI is InChI=1S/C17H19ClN2O3/c18-13-5-3-12(4-6-13)15-11-20-17(23-15)8-7-16(21)19-10-14-2-1-9-22-14/h3-6,11,14H,1-2,7-10H2,(H,19,21). The van der Waals surface area contributed by atoms with Gasteiger partial charge in [0.2, 0.25) is 5.91 Å². The Morgan fingerprint density at radius 1 is 1.35 bits per heavy atom. The smallest absolute Gasteiger partial charge is 0.220 e. The summed E-state index contributed by atoms with van der Waals surface area (Å²) in [7, 11) is 0. The van der Waals surface area contributed by atoms with E-state index in [1.54, 1.807) is 18.3 Å². The molecule has 1 aliphatic heterocycles. The summed E-state index contributed by atoms with van der Waals surface area (Å²) in [6.07, 6.45) is 4.76. The molecule has 1 amide bonds. The molecule has 0 spiro atoms. The molecule has 5 nitrogen and oxygen atoms in total. The molecular formula is C17H19ClN2O3. The topological polar surface area (TPSA) is 64.4 Å². The Labute approximate surface area is 140 Å². The van der Waals surface area contributed by atoms with Crippen LogP contribution in [0.2, 0.25) is 5.02 Å². The van der Waals surface area contributed by atoms with Gasteiger partial charge in [-0.3, -0.25) is 4.79 Å². The van der Waals surface area contributed by atoms with Crippen molar-refractivity contribution in [1.29, 1.82) is 0 Å². The largest absolute Gasteiger partial charge is 0.441 e. The third-order valence-electron chi connectivity index (χ3n) is 3.80. The minimum absolute atomic E-state index is 0.00765. The fourth-order valence-electron chi connectivity index (χ4n) is 2.52. The molecule has 1 fully saturated rings. The summed E-state index contributed by atoms with van der Waals surface area (Å²) in [5, 5.41) is 3.57. The molecule has 0 saturated carbocycles. The number of halogens is 1.